The quantitative estimate of drug-likeness (QED) is 0.838. The predicted octanol–water partition coefficient (Wildman–Crippen LogP) is 0.458. The van der Waals surface area contributed by atoms with Crippen LogP contribution in [0.25, 0.3) is 0 Å². The van der Waals surface area contributed by atoms with Crippen molar-refractivity contribution in [1.29, 1.82) is 0 Å². The van der Waals surface area contributed by atoms with Gasteiger partial charge in [0.05, 0.1) is 13.2 Å². The number of carbonyl (C=O) groups excluding carboxylic acids is 2. The number of urea groups is 1. The molecule has 1 aliphatic heterocycles. The fourth-order valence-corrected chi connectivity index (χ4v) is 1.96. The highest BCUT2D eigenvalue weighted by Crippen LogP contribution is 1.97. The number of morpholine rings is 1. The predicted molar refractivity (Wildman–Crippen MR) is 74.6 cm³/mol. The lowest BCUT2D eigenvalue weighted by molar-refractivity contribution is 0.0387. The van der Waals surface area contributed by atoms with Gasteiger partial charge in [-0.05, 0) is 12.1 Å². The summed E-state index contributed by atoms with van der Waals surface area (Å²) in [6, 6.07) is 8.19. The van der Waals surface area contributed by atoms with E-state index in [1.165, 1.54) is 0 Å². The van der Waals surface area contributed by atoms with E-state index in [0.717, 1.165) is 32.8 Å². The molecule has 1 heterocycles. The molecule has 108 valence electrons. The van der Waals surface area contributed by atoms with E-state index in [9.17, 15) is 9.59 Å². The average Bonchev–Trinajstić information content (AvgIpc) is 2.49. The molecule has 0 spiro atoms. The lowest BCUT2D eigenvalue weighted by Crippen LogP contribution is -2.45. The number of carbonyl (C=O) groups is 2. The average molecular weight is 277 g/mol. The minimum atomic E-state index is -0.466. The topological polar surface area (TPSA) is 70.7 Å². The second-order valence-corrected chi connectivity index (χ2v) is 4.53. The van der Waals surface area contributed by atoms with Crippen LogP contribution in [0.4, 0.5) is 4.79 Å². The van der Waals surface area contributed by atoms with Crippen LogP contribution in [-0.4, -0.2) is 56.2 Å². The lowest BCUT2D eigenvalue weighted by atomic mass is 10.2. The number of nitrogens with zero attached hydrogens (tertiary/aromatic N) is 1. The lowest BCUT2D eigenvalue weighted by Gasteiger charge is -2.26. The molecule has 0 aliphatic carbocycles. The third-order valence-electron chi connectivity index (χ3n) is 3.08. The Bertz CT molecular complexity index is 444. The van der Waals surface area contributed by atoms with Gasteiger partial charge < -0.3 is 10.1 Å². The molecule has 2 N–H and O–H groups in total. The molecule has 6 heteroatoms. The molecule has 1 aromatic rings. The largest absolute Gasteiger partial charge is 0.379 e. The van der Waals surface area contributed by atoms with E-state index in [1.54, 1.807) is 24.3 Å². The zero-order chi connectivity index (χ0) is 14.2. The fourth-order valence-electron chi connectivity index (χ4n) is 1.96. The van der Waals surface area contributed by atoms with Gasteiger partial charge in [0.15, 0.2) is 0 Å². The van der Waals surface area contributed by atoms with Crippen molar-refractivity contribution >= 4 is 11.9 Å². The first-order chi connectivity index (χ1) is 9.75. The third-order valence-corrected chi connectivity index (χ3v) is 3.08. The van der Waals surface area contributed by atoms with Crippen molar-refractivity contribution < 1.29 is 14.3 Å². The van der Waals surface area contributed by atoms with Gasteiger partial charge in [-0.3, -0.25) is 15.0 Å². The molecule has 0 aromatic heterocycles. The van der Waals surface area contributed by atoms with Crippen molar-refractivity contribution in [3.63, 3.8) is 0 Å². The van der Waals surface area contributed by atoms with Crippen molar-refractivity contribution in [3.05, 3.63) is 35.9 Å². The Balaban J connectivity index is 1.66. The van der Waals surface area contributed by atoms with Crippen LogP contribution in [0.5, 0.6) is 0 Å². The van der Waals surface area contributed by atoms with E-state index in [4.69, 9.17) is 4.74 Å². The van der Waals surface area contributed by atoms with Gasteiger partial charge in [-0.1, -0.05) is 18.2 Å². The normalized spacial score (nSPS) is 15.6. The summed E-state index contributed by atoms with van der Waals surface area (Å²) < 4.78 is 5.24. The standard InChI is InChI=1S/C14H19N3O3/c18-13(12-4-2-1-3-5-12)16-14(19)15-6-7-17-8-10-20-11-9-17/h1-5H,6-11H2,(H2,15,16,18,19). The zero-order valence-corrected chi connectivity index (χ0v) is 11.3. The fraction of sp³-hybridized carbons (Fsp3) is 0.429. The SMILES string of the molecule is O=C(NCCN1CCOCC1)NC(=O)c1ccccc1. The minimum Gasteiger partial charge on any atom is -0.379 e. The van der Waals surface area contributed by atoms with Gasteiger partial charge in [-0.25, -0.2) is 4.79 Å². The van der Waals surface area contributed by atoms with Crippen LogP contribution in [0.1, 0.15) is 10.4 Å². The second-order valence-electron chi connectivity index (χ2n) is 4.53. The summed E-state index contributed by atoms with van der Waals surface area (Å²) in [4.78, 5) is 25.5. The monoisotopic (exact) mass is 277 g/mol. The van der Waals surface area contributed by atoms with Crippen LogP contribution in [0.15, 0.2) is 30.3 Å². The summed E-state index contributed by atoms with van der Waals surface area (Å²) in [7, 11) is 0. The van der Waals surface area contributed by atoms with Crippen molar-refractivity contribution in [1.82, 2.24) is 15.5 Å². The molecule has 0 radical (unpaired) electrons. The molecule has 6 nitrogen and oxygen atoms in total. The van der Waals surface area contributed by atoms with Gasteiger partial charge in [-0.2, -0.15) is 0 Å². The Morgan fingerprint density at radius 3 is 2.55 bits per heavy atom. The molecule has 1 saturated heterocycles. The Hall–Kier alpha value is -1.92. The summed E-state index contributed by atoms with van der Waals surface area (Å²) >= 11 is 0. The van der Waals surface area contributed by atoms with E-state index < -0.39 is 11.9 Å². The van der Waals surface area contributed by atoms with E-state index in [2.05, 4.69) is 15.5 Å². The van der Waals surface area contributed by atoms with Gasteiger partial charge >= 0.3 is 6.03 Å². The maximum Gasteiger partial charge on any atom is 0.321 e. The van der Waals surface area contributed by atoms with Crippen LogP contribution in [-0.2, 0) is 4.74 Å². The van der Waals surface area contributed by atoms with Gasteiger partial charge in [0, 0.05) is 31.7 Å². The van der Waals surface area contributed by atoms with Gasteiger partial charge in [-0.15, -0.1) is 0 Å². The Kier molecular flexibility index (Phi) is 5.52. The second kappa shape index (κ2) is 7.62. The highest BCUT2D eigenvalue weighted by Gasteiger charge is 2.11. The molecule has 1 aliphatic rings. The number of benzene rings is 1. The summed E-state index contributed by atoms with van der Waals surface area (Å²) in [5.41, 5.74) is 0.468. The maximum absolute atomic E-state index is 11.7. The molecule has 0 bridgehead atoms. The van der Waals surface area contributed by atoms with Crippen molar-refractivity contribution in [2.24, 2.45) is 0 Å². The minimum absolute atomic E-state index is 0.394. The first kappa shape index (κ1) is 14.5. The van der Waals surface area contributed by atoms with E-state index in [1.807, 2.05) is 6.07 Å². The number of hydrogen-bond donors (Lipinski definition) is 2. The first-order valence-electron chi connectivity index (χ1n) is 6.70. The van der Waals surface area contributed by atoms with Gasteiger partial charge in [0.2, 0.25) is 0 Å². The third kappa shape index (κ3) is 4.64. The van der Waals surface area contributed by atoms with Gasteiger partial charge in [0.1, 0.15) is 0 Å². The van der Waals surface area contributed by atoms with Gasteiger partial charge in [0.25, 0.3) is 5.91 Å². The molecule has 0 unspecified atom stereocenters. The number of rotatable bonds is 4. The van der Waals surface area contributed by atoms with Crippen molar-refractivity contribution in [2.75, 3.05) is 39.4 Å². The number of nitrogens with one attached hydrogen (secondary N) is 2. The molecule has 1 aromatic carbocycles. The van der Waals surface area contributed by atoms with E-state index in [-0.39, 0.29) is 0 Å². The maximum atomic E-state index is 11.7. The summed E-state index contributed by atoms with van der Waals surface area (Å²) in [5.74, 6) is -0.394. The highest BCUT2D eigenvalue weighted by molar-refractivity contribution is 6.04. The summed E-state index contributed by atoms with van der Waals surface area (Å²) in [6.07, 6.45) is 0. The molecule has 0 atom stereocenters. The molecule has 1 fully saturated rings. The van der Waals surface area contributed by atoms with Crippen molar-refractivity contribution in [2.45, 2.75) is 0 Å². The molecule has 3 amide bonds. The van der Waals surface area contributed by atoms with Crippen molar-refractivity contribution in [3.8, 4) is 0 Å². The first-order valence-corrected chi connectivity index (χ1v) is 6.70. The zero-order valence-electron chi connectivity index (χ0n) is 11.3. The van der Waals surface area contributed by atoms with Crippen LogP contribution in [0.2, 0.25) is 0 Å². The number of amides is 3. The molecular formula is C14H19N3O3. The van der Waals surface area contributed by atoms with Crippen LogP contribution < -0.4 is 10.6 Å². The molecule has 0 saturated carbocycles. The molecular weight excluding hydrogens is 258 g/mol. The smallest absolute Gasteiger partial charge is 0.321 e. The summed E-state index contributed by atoms with van der Waals surface area (Å²) in [6.45, 7) is 4.50. The number of imide groups is 1. The van der Waals surface area contributed by atoms with Crippen LogP contribution in [0.3, 0.4) is 0 Å². The highest BCUT2D eigenvalue weighted by atomic mass is 16.5. The Morgan fingerprint density at radius 1 is 1.15 bits per heavy atom. The number of hydrogen-bond acceptors (Lipinski definition) is 4. The van der Waals surface area contributed by atoms with Crippen LogP contribution in [0, 0.1) is 0 Å². The molecule has 2 rings (SSSR count). The summed E-state index contributed by atoms with van der Waals surface area (Å²) in [5, 5.41) is 4.98. The van der Waals surface area contributed by atoms with Crippen LogP contribution >= 0.6 is 0 Å². The number of ether oxygens (including phenoxy) is 1. The molecule has 20 heavy (non-hydrogen) atoms. The Labute approximate surface area is 118 Å². The van der Waals surface area contributed by atoms with E-state index >= 15 is 0 Å². The Morgan fingerprint density at radius 2 is 1.85 bits per heavy atom. The van der Waals surface area contributed by atoms with E-state index in [0.29, 0.717) is 12.1 Å².